The average Bonchev–Trinajstić information content (AvgIpc) is 2.73. The molecular weight excluding hydrogens is 216 g/mol. The number of nitrogens with two attached hydrogens (primary N) is 1. The number of hydrazine groups is 1. The van der Waals surface area contributed by atoms with Gasteiger partial charge in [-0.3, -0.25) is 4.79 Å². The number of nitrogens with one attached hydrogen (secondary N) is 1. The van der Waals surface area contributed by atoms with Crippen LogP contribution in [-0.2, 0) is 0 Å². The van der Waals surface area contributed by atoms with Crippen molar-refractivity contribution in [2.75, 3.05) is 12.0 Å². The number of pyridine rings is 1. The van der Waals surface area contributed by atoms with Gasteiger partial charge in [0, 0.05) is 23.8 Å². The summed E-state index contributed by atoms with van der Waals surface area (Å²) in [5, 5.41) is 0. The SMILES string of the molecule is Cc1cc(C(=O)N2CCCC2C)cc(NN)n1. The number of anilines is 1. The van der Waals surface area contributed by atoms with Gasteiger partial charge in [-0.1, -0.05) is 0 Å². The third-order valence-corrected chi connectivity index (χ3v) is 3.16. The molecule has 5 heteroatoms. The van der Waals surface area contributed by atoms with Crippen molar-refractivity contribution in [2.24, 2.45) is 5.84 Å². The van der Waals surface area contributed by atoms with E-state index in [1.807, 2.05) is 11.8 Å². The van der Waals surface area contributed by atoms with Crippen LogP contribution < -0.4 is 11.3 Å². The first-order valence-electron chi connectivity index (χ1n) is 5.88. The number of nitrogens with zero attached hydrogens (tertiary/aromatic N) is 2. The van der Waals surface area contributed by atoms with Crippen molar-refractivity contribution in [3.05, 3.63) is 23.4 Å². The van der Waals surface area contributed by atoms with Crippen molar-refractivity contribution in [1.29, 1.82) is 0 Å². The van der Waals surface area contributed by atoms with Crippen molar-refractivity contribution in [3.63, 3.8) is 0 Å². The topological polar surface area (TPSA) is 71.2 Å². The molecule has 2 rings (SSSR count). The van der Waals surface area contributed by atoms with Crippen LogP contribution in [0.1, 0.15) is 35.8 Å². The first kappa shape index (κ1) is 11.9. The van der Waals surface area contributed by atoms with Crippen LogP contribution in [0.5, 0.6) is 0 Å². The van der Waals surface area contributed by atoms with Crippen LogP contribution in [0.2, 0.25) is 0 Å². The Bertz CT molecular complexity index is 433. The van der Waals surface area contributed by atoms with Crippen LogP contribution >= 0.6 is 0 Å². The fourth-order valence-electron chi connectivity index (χ4n) is 2.27. The number of aryl methyl sites for hydroxylation is 1. The normalized spacial score (nSPS) is 19.5. The summed E-state index contributed by atoms with van der Waals surface area (Å²) in [5.74, 6) is 5.93. The number of amides is 1. The zero-order chi connectivity index (χ0) is 12.4. The summed E-state index contributed by atoms with van der Waals surface area (Å²) in [6.07, 6.45) is 2.16. The summed E-state index contributed by atoms with van der Waals surface area (Å²) in [7, 11) is 0. The summed E-state index contributed by atoms with van der Waals surface area (Å²) < 4.78 is 0. The van der Waals surface area contributed by atoms with E-state index in [1.165, 1.54) is 0 Å². The lowest BCUT2D eigenvalue weighted by Crippen LogP contribution is -2.33. The Hall–Kier alpha value is -1.62. The van der Waals surface area contributed by atoms with Crippen LogP contribution in [0.15, 0.2) is 12.1 Å². The molecule has 0 bridgehead atoms. The second-order valence-electron chi connectivity index (χ2n) is 4.52. The predicted molar refractivity (Wildman–Crippen MR) is 66.5 cm³/mol. The molecule has 1 aliphatic heterocycles. The minimum atomic E-state index is 0.0667. The van der Waals surface area contributed by atoms with Gasteiger partial charge in [-0.2, -0.15) is 0 Å². The second kappa shape index (κ2) is 4.71. The van der Waals surface area contributed by atoms with Crippen LogP contribution in [0.3, 0.4) is 0 Å². The second-order valence-corrected chi connectivity index (χ2v) is 4.52. The Kier molecular flexibility index (Phi) is 3.28. The average molecular weight is 234 g/mol. The molecule has 1 aromatic heterocycles. The Balaban J connectivity index is 2.27. The van der Waals surface area contributed by atoms with Crippen molar-refractivity contribution >= 4 is 11.7 Å². The number of aromatic nitrogens is 1. The van der Waals surface area contributed by atoms with Crippen LogP contribution in [0, 0.1) is 6.92 Å². The zero-order valence-electron chi connectivity index (χ0n) is 10.2. The lowest BCUT2D eigenvalue weighted by Gasteiger charge is -2.21. The fraction of sp³-hybridized carbons (Fsp3) is 0.500. The largest absolute Gasteiger partial charge is 0.336 e. The van der Waals surface area contributed by atoms with E-state index in [1.54, 1.807) is 12.1 Å². The van der Waals surface area contributed by atoms with E-state index in [0.717, 1.165) is 25.1 Å². The molecule has 1 aromatic rings. The third-order valence-electron chi connectivity index (χ3n) is 3.16. The van der Waals surface area contributed by atoms with Crippen molar-refractivity contribution < 1.29 is 4.79 Å². The molecule has 0 saturated carbocycles. The first-order chi connectivity index (χ1) is 8.11. The summed E-state index contributed by atoms with van der Waals surface area (Å²) >= 11 is 0. The molecule has 3 N–H and O–H groups in total. The van der Waals surface area contributed by atoms with Crippen LogP contribution in [0.4, 0.5) is 5.82 Å². The van der Waals surface area contributed by atoms with E-state index in [0.29, 0.717) is 17.4 Å². The molecule has 0 aromatic carbocycles. The van der Waals surface area contributed by atoms with Crippen molar-refractivity contribution in [2.45, 2.75) is 32.7 Å². The Morgan fingerprint density at radius 3 is 2.94 bits per heavy atom. The highest BCUT2D eigenvalue weighted by Crippen LogP contribution is 2.20. The molecule has 1 fully saturated rings. The monoisotopic (exact) mass is 234 g/mol. The van der Waals surface area contributed by atoms with E-state index >= 15 is 0 Å². The van der Waals surface area contributed by atoms with Gasteiger partial charge in [0.25, 0.3) is 5.91 Å². The van der Waals surface area contributed by atoms with Gasteiger partial charge < -0.3 is 10.3 Å². The van der Waals surface area contributed by atoms with Crippen molar-refractivity contribution in [1.82, 2.24) is 9.88 Å². The van der Waals surface area contributed by atoms with Crippen LogP contribution in [-0.4, -0.2) is 28.4 Å². The fourth-order valence-corrected chi connectivity index (χ4v) is 2.27. The summed E-state index contributed by atoms with van der Waals surface area (Å²) in [6.45, 7) is 4.78. The smallest absolute Gasteiger partial charge is 0.254 e. The summed E-state index contributed by atoms with van der Waals surface area (Å²) in [4.78, 5) is 18.4. The summed E-state index contributed by atoms with van der Waals surface area (Å²) in [5.41, 5.74) is 3.92. The number of likely N-dealkylation sites (tertiary alicyclic amines) is 1. The first-order valence-corrected chi connectivity index (χ1v) is 5.88. The number of carbonyl (C=O) groups excluding carboxylic acids is 1. The van der Waals surface area contributed by atoms with E-state index in [2.05, 4.69) is 17.3 Å². The Morgan fingerprint density at radius 2 is 2.35 bits per heavy atom. The molecule has 2 heterocycles. The number of hydrogen-bond donors (Lipinski definition) is 2. The van der Waals surface area contributed by atoms with E-state index in [-0.39, 0.29) is 5.91 Å². The number of carbonyl (C=O) groups is 1. The van der Waals surface area contributed by atoms with E-state index in [9.17, 15) is 4.79 Å². The molecule has 1 atom stereocenters. The maximum atomic E-state index is 12.3. The summed E-state index contributed by atoms with van der Waals surface area (Å²) in [6, 6.07) is 3.82. The molecular formula is C12H18N4O. The predicted octanol–water partition coefficient (Wildman–Crippen LogP) is 1.30. The Labute approximate surface area is 101 Å². The number of hydrogen-bond acceptors (Lipinski definition) is 4. The molecule has 0 radical (unpaired) electrons. The lowest BCUT2D eigenvalue weighted by molar-refractivity contribution is 0.0747. The van der Waals surface area contributed by atoms with Crippen LogP contribution in [0.25, 0.3) is 0 Å². The molecule has 92 valence electrons. The molecule has 5 nitrogen and oxygen atoms in total. The van der Waals surface area contributed by atoms with E-state index in [4.69, 9.17) is 5.84 Å². The van der Waals surface area contributed by atoms with Gasteiger partial charge in [-0.15, -0.1) is 0 Å². The maximum Gasteiger partial charge on any atom is 0.254 e. The van der Waals surface area contributed by atoms with Gasteiger partial charge in [-0.25, -0.2) is 10.8 Å². The van der Waals surface area contributed by atoms with Gasteiger partial charge in [0.1, 0.15) is 5.82 Å². The molecule has 1 aliphatic rings. The highest BCUT2D eigenvalue weighted by atomic mass is 16.2. The molecule has 0 aliphatic carbocycles. The maximum absolute atomic E-state index is 12.3. The minimum Gasteiger partial charge on any atom is -0.336 e. The molecule has 1 amide bonds. The van der Waals surface area contributed by atoms with Gasteiger partial charge in [0.2, 0.25) is 0 Å². The molecule has 17 heavy (non-hydrogen) atoms. The number of nitrogen functional groups attached to an aromatic ring is 1. The standard InChI is InChI=1S/C12H18N4O/c1-8-6-10(7-11(14-8)15-13)12(17)16-5-3-4-9(16)2/h6-7,9H,3-5,13H2,1-2H3,(H,14,15). The number of rotatable bonds is 2. The molecule has 1 saturated heterocycles. The van der Waals surface area contributed by atoms with Gasteiger partial charge >= 0.3 is 0 Å². The Morgan fingerprint density at radius 1 is 1.59 bits per heavy atom. The van der Waals surface area contributed by atoms with E-state index < -0.39 is 0 Å². The zero-order valence-corrected chi connectivity index (χ0v) is 10.2. The van der Waals surface area contributed by atoms with Crippen molar-refractivity contribution in [3.8, 4) is 0 Å². The minimum absolute atomic E-state index is 0.0667. The van der Waals surface area contributed by atoms with Gasteiger partial charge in [0.05, 0.1) is 0 Å². The lowest BCUT2D eigenvalue weighted by atomic mass is 10.2. The quantitative estimate of drug-likeness (QED) is 0.597. The highest BCUT2D eigenvalue weighted by Gasteiger charge is 2.26. The molecule has 0 spiro atoms. The van der Waals surface area contributed by atoms with Gasteiger partial charge in [0.15, 0.2) is 0 Å². The third kappa shape index (κ3) is 2.39. The van der Waals surface area contributed by atoms with Gasteiger partial charge in [-0.05, 0) is 38.8 Å². The molecule has 1 unspecified atom stereocenters. The highest BCUT2D eigenvalue weighted by molar-refractivity contribution is 5.95.